The molecule has 1 aromatic heterocycles. The molecule has 0 spiro atoms. The van der Waals surface area contributed by atoms with Gasteiger partial charge in [-0.1, -0.05) is 30.3 Å². The van der Waals surface area contributed by atoms with E-state index in [9.17, 15) is 4.79 Å². The van der Waals surface area contributed by atoms with Gasteiger partial charge < -0.3 is 9.22 Å². The molecule has 0 aliphatic carbocycles. The average molecular weight is 335 g/mol. The highest BCUT2D eigenvalue weighted by Crippen LogP contribution is 2.25. The van der Waals surface area contributed by atoms with Crippen LogP contribution in [0.3, 0.4) is 0 Å². The number of quaternary nitrogens is 1. The molecule has 0 aliphatic heterocycles. The lowest BCUT2D eigenvalue weighted by Gasteiger charge is -2.23. The third kappa shape index (κ3) is 4.22. The van der Waals surface area contributed by atoms with E-state index >= 15 is 0 Å². The maximum atomic E-state index is 12.5. The van der Waals surface area contributed by atoms with E-state index in [4.69, 9.17) is 4.74 Å². The molecular formula is C21H23N2O2+. The normalized spacial score (nSPS) is 11.5. The van der Waals surface area contributed by atoms with Crippen LogP contribution >= 0.6 is 0 Å². The number of ether oxygens (including phenoxy) is 1. The van der Waals surface area contributed by atoms with E-state index in [1.54, 1.807) is 6.07 Å². The van der Waals surface area contributed by atoms with Crippen molar-refractivity contribution >= 4 is 16.9 Å². The van der Waals surface area contributed by atoms with E-state index in [1.165, 1.54) is 5.56 Å². The number of hydrogen-bond donors (Lipinski definition) is 0. The van der Waals surface area contributed by atoms with Gasteiger partial charge in [-0.05, 0) is 31.2 Å². The van der Waals surface area contributed by atoms with Gasteiger partial charge in [0.15, 0.2) is 5.75 Å². The molecule has 2 aromatic carbocycles. The molecule has 0 bridgehead atoms. The number of rotatable bonds is 4. The summed E-state index contributed by atoms with van der Waals surface area (Å²) in [4.78, 5) is 17.0. The Kier molecular flexibility index (Phi) is 4.55. The number of benzene rings is 2. The molecule has 1 heterocycles. The molecule has 0 N–H and O–H groups in total. The first-order valence-electron chi connectivity index (χ1n) is 8.30. The Hall–Kier alpha value is -2.72. The molecule has 4 heteroatoms. The number of hydrogen-bond acceptors (Lipinski definition) is 3. The second-order valence-corrected chi connectivity index (χ2v) is 7.32. The van der Waals surface area contributed by atoms with Crippen LogP contribution in [0.1, 0.15) is 21.6 Å². The topological polar surface area (TPSA) is 39.2 Å². The van der Waals surface area contributed by atoms with Crippen molar-refractivity contribution in [1.82, 2.24) is 4.98 Å². The molecule has 0 atom stereocenters. The number of carbonyl (C=O) groups is 1. The van der Waals surface area contributed by atoms with Crippen LogP contribution in [0, 0.1) is 6.92 Å². The Morgan fingerprint density at radius 3 is 2.40 bits per heavy atom. The Bertz CT molecular complexity index is 909. The lowest BCUT2D eigenvalue weighted by atomic mass is 10.1. The van der Waals surface area contributed by atoms with Gasteiger partial charge in [-0.3, -0.25) is 0 Å². The molecule has 0 aliphatic rings. The fourth-order valence-corrected chi connectivity index (χ4v) is 2.75. The van der Waals surface area contributed by atoms with Crippen LogP contribution in [0.4, 0.5) is 0 Å². The van der Waals surface area contributed by atoms with Crippen molar-refractivity contribution < 1.29 is 14.0 Å². The van der Waals surface area contributed by atoms with Crippen LogP contribution in [0.2, 0.25) is 0 Å². The van der Waals surface area contributed by atoms with Crippen molar-refractivity contribution in [3.63, 3.8) is 0 Å². The van der Waals surface area contributed by atoms with Gasteiger partial charge in [0.05, 0.1) is 26.7 Å². The third-order valence-corrected chi connectivity index (χ3v) is 3.87. The number of fused-ring (bicyclic) bond motifs is 1. The Morgan fingerprint density at radius 2 is 1.72 bits per heavy atom. The van der Waals surface area contributed by atoms with Crippen molar-refractivity contribution in [3.8, 4) is 5.75 Å². The first-order valence-corrected chi connectivity index (χ1v) is 8.30. The highest BCUT2D eigenvalue weighted by Gasteiger charge is 2.13. The van der Waals surface area contributed by atoms with Crippen LogP contribution in [0.15, 0.2) is 54.6 Å². The summed E-state index contributed by atoms with van der Waals surface area (Å²) in [5.41, 5.74) is 3.32. The third-order valence-electron chi connectivity index (χ3n) is 3.87. The van der Waals surface area contributed by atoms with Crippen molar-refractivity contribution in [3.05, 3.63) is 71.4 Å². The van der Waals surface area contributed by atoms with Crippen molar-refractivity contribution in [1.29, 1.82) is 0 Å². The minimum Gasteiger partial charge on any atom is -0.421 e. The smallest absolute Gasteiger partial charge is 0.343 e. The summed E-state index contributed by atoms with van der Waals surface area (Å²) in [6.45, 7) is 2.83. The van der Waals surface area contributed by atoms with Gasteiger partial charge in [-0.15, -0.1) is 0 Å². The van der Waals surface area contributed by atoms with E-state index in [-0.39, 0.29) is 5.97 Å². The summed E-state index contributed by atoms with van der Waals surface area (Å²) in [5, 5.41) is 0.953. The predicted molar refractivity (Wildman–Crippen MR) is 99.6 cm³/mol. The first-order chi connectivity index (χ1) is 11.8. The van der Waals surface area contributed by atoms with Gasteiger partial charge in [0, 0.05) is 16.6 Å². The Balaban J connectivity index is 1.82. The molecule has 3 aromatic rings. The standard InChI is InChI=1S/C21H23N2O2/c1-15-8-11-17-6-5-7-19(20(17)22-15)25-21(24)18-12-9-16(10-13-18)14-23(2,3)4/h5-13H,14H2,1-4H3/q+1. The quantitative estimate of drug-likeness (QED) is 0.411. The number of para-hydroxylation sites is 1. The highest BCUT2D eigenvalue weighted by atomic mass is 16.5. The summed E-state index contributed by atoms with van der Waals surface area (Å²) < 4.78 is 6.44. The lowest BCUT2D eigenvalue weighted by molar-refractivity contribution is -0.884. The molecule has 0 saturated heterocycles. The van der Waals surface area contributed by atoms with Crippen molar-refractivity contribution in [2.75, 3.05) is 21.1 Å². The maximum absolute atomic E-state index is 12.5. The predicted octanol–water partition coefficient (Wildman–Crippen LogP) is 3.97. The first kappa shape index (κ1) is 17.1. The molecule has 128 valence electrons. The molecule has 25 heavy (non-hydrogen) atoms. The summed E-state index contributed by atoms with van der Waals surface area (Å²) in [7, 11) is 6.41. The van der Waals surface area contributed by atoms with Gasteiger partial charge in [0.1, 0.15) is 12.1 Å². The zero-order valence-electron chi connectivity index (χ0n) is 15.1. The van der Waals surface area contributed by atoms with Crippen molar-refractivity contribution in [2.24, 2.45) is 0 Å². The molecule has 0 saturated carbocycles. The summed E-state index contributed by atoms with van der Waals surface area (Å²) in [6.07, 6.45) is 0. The van der Waals surface area contributed by atoms with Gasteiger partial charge >= 0.3 is 5.97 Å². The number of esters is 1. The average Bonchev–Trinajstić information content (AvgIpc) is 2.54. The second kappa shape index (κ2) is 6.65. The minimum absolute atomic E-state index is 0.368. The highest BCUT2D eigenvalue weighted by molar-refractivity contribution is 5.94. The lowest BCUT2D eigenvalue weighted by Crippen LogP contribution is -2.33. The van der Waals surface area contributed by atoms with Gasteiger partial charge in [-0.25, -0.2) is 9.78 Å². The van der Waals surface area contributed by atoms with Crippen LogP contribution in [0.25, 0.3) is 10.9 Å². The molecule has 0 amide bonds. The zero-order chi connectivity index (χ0) is 18.0. The van der Waals surface area contributed by atoms with Crippen LogP contribution in [-0.4, -0.2) is 36.6 Å². The molecule has 0 fully saturated rings. The number of aromatic nitrogens is 1. The fraction of sp³-hybridized carbons (Fsp3) is 0.238. The molecule has 0 unspecified atom stereocenters. The molecular weight excluding hydrogens is 312 g/mol. The van der Waals surface area contributed by atoms with Crippen LogP contribution in [0.5, 0.6) is 5.75 Å². The van der Waals surface area contributed by atoms with Gasteiger partial charge in [0.25, 0.3) is 0 Å². The van der Waals surface area contributed by atoms with Gasteiger partial charge in [0.2, 0.25) is 0 Å². The summed E-state index contributed by atoms with van der Waals surface area (Å²) in [5.74, 6) is 0.120. The van der Waals surface area contributed by atoms with E-state index < -0.39 is 0 Å². The van der Waals surface area contributed by atoms with E-state index in [0.29, 0.717) is 16.8 Å². The maximum Gasteiger partial charge on any atom is 0.343 e. The Labute approximate surface area is 148 Å². The second-order valence-electron chi connectivity index (χ2n) is 7.32. The summed E-state index contributed by atoms with van der Waals surface area (Å²) >= 11 is 0. The molecule has 3 rings (SSSR count). The molecule has 0 radical (unpaired) electrons. The SMILES string of the molecule is Cc1ccc2cccc(OC(=O)c3ccc(C[N+](C)(C)C)cc3)c2n1. The molecule has 4 nitrogen and oxygen atoms in total. The van der Waals surface area contributed by atoms with Crippen LogP contribution in [-0.2, 0) is 6.54 Å². The van der Waals surface area contributed by atoms with E-state index in [0.717, 1.165) is 22.1 Å². The largest absolute Gasteiger partial charge is 0.421 e. The number of aryl methyl sites for hydroxylation is 1. The zero-order valence-corrected chi connectivity index (χ0v) is 15.1. The van der Waals surface area contributed by atoms with Gasteiger partial charge in [-0.2, -0.15) is 0 Å². The monoisotopic (exact) mass is 335 g/mol. The van der Waals surface area contributed by atoms with Crippen LogP contribution < -0.4 is 4.74 Å². The summed E-state index contributed by atoms with van der Waals surface area (Å²) in [6, 6.07) is 17.1. The Morgan fingerprint density at radius 1 is 1.00 bits per heavy atom. The number of pyridine rings is 1. The van der Waals surface area contributed by atoms with Crippen molar-refractivity contribution in [2.45, 2.75) is 13.5 Å². The number of carbonyl (C=O) groups excluding carboxylic acids is 1. The van der Waals surface area contributed by atoms with E-state index in [2.05, 4.69) is 26.1 Å². The minimum atomic E-state index is -0.368. The number of nitrogens with zero attached hydrogens (tertiary/aromatic N) is 2. The van der Waals surface area contributed by atoms with E-state index in [1.807, 2.05) is 55.5 Å². The fourth-order valence-electron chi connectivity index (χ4n) is 2.75.